The molecule has 0 N–H and O–H groups in total. The Hall–Kier alpha value is -0.795. The normalized spacial score (nSPS) is 18.7. The molecule has 0 aromatic rings. The summed E-state index contributed by atoms with van der Waals surface area (Å²) in [6.07, 6.45) is 28.6. The van der Waals surface area contributed by atoms with E-state index in [1.165, 1.54) is 77.0 Å². The van der Waals surface area contributed by atoms with Gasteiger partial charge in [0, 0.05) is 0 Å². The Labute approximate surface area is 182 Å². The zero-order chi connectivity index (χ0) is 21.4. The molecular formula is C26H47BO2. The van der Waals surface area contributed by atoms with E-state index < -0.39 is 0 Å². The van der Waals surface area contributed by atoms with Gasteiger partial charge in [0.2, 0.25) is 0 Å². The van der Waals surface area contributed by atoms with Crippen LogP contribution in [0.3, 0.4) is 0 Å². The molecule has 0 saturated carbocycles. The Morgan fingerprint density at radius 3 is 1.55 bits per heavy atom. The molecule has 1 rings (SSSR count). The summed E-state index contributed by atoms with van der Waals surface area (Å²) in [7, 11) is -0.237. The van der Waals surface area contributed by atoms with Gasteiger partial charge in [0.15, 0.2) is 0 Å². The third-order valence-electron chi connectivity index (χ3n) is 6.17. The van der Waals surface area contributed by atoms with E-state index in [9.17, 15) is 0 Å². The Morgan fingerprint density at radius 2 is 1.03 bits per heavy atom. The summed E-state index contributed by atoms with van der Waals surface area (Å²) < 4.78 is 11.9. The Kier molecular flexibility index (Phi) is 13.6. The number of allylic oxidation sites excluding steroid dienone is 5. The van der Waals surface area contributed by atoms with Crippen molar-refractivity contribution in [1.82, 2.24) is 0 Å². The lowest BCUT2D eigenvalue weighted by Gasteiger charge is -2.32. The molecule has 0 atom stereocenters. The van der Waals surface area contributed by atoms with E-state index in [0.717, 1.165) is 6.42 Å². The molecule has 1 fully saturated rings. The highest BCUT2D eigenvalue weighted by Crippen LogP contribution is 2.36. The first-order chi connectivity index (χ1) is 13.9. The van der Waals surface area contributed by atoms with Crippen LogP contribution >= 0.6 is 0 Å². The number of rotatable bonds is 16. The van der Waals surface area contributed by atoms with Gasteiger partial charge >= 0.3 is 7.12 Å². The van der Waals surface area contributed by atoms with Crippen LogP contribution in [-0.2, 0) is 9.31 Å². The SMILES string of the molecule is CCCCCCCC/C=C\CCCCCC/C=C/C=C/B1OC(C)(C)C(C)(C)O1. The maximum absolute atomic E-state index is 5.95. The average molecular weight is 402 g/mol. The third-order valence-corrected chi connectivity index (χ3v) is 6.17. The van der Waals surface area contributed by atoms with Crippen molar-refractivity contribution in [2.24, 2.45) is 0 Å². The molecule has 0 spiro atoms. The second-order valence-corrected chi connectivity index (χ2v) is 9.46. The van der Waals surface area contributed by atoms with E-state index in [0.29, 0.717) is 0 Å². The molecule has 1 aliphatic rings. The zero-order valence-corrected chi connectivity index (χ0v) is 20.1. The molecule has 0 bridgehead atoms. The Morgan fingerprint density at radius 1 is 0.586 bits per heavy atom. The van der Waals surface area contributed by atoms with Crippen LogP contribution in [0.5, 0.6) is 0 Å². The Bertz CT molecular complexity index is 475. The summed E-state index contributed by atoms with van der Waals surface area (Å²) in [6.45, 7) is 10.6. The molecule has 29 heavy (non-hydrogen) atoms. The van der Waals surface area contributed by atoms with Gasteiger partial charge in [0.05, 0.1) is 11.2 Å². The number of hydrogen-bond acceptors (Lipinski definition) is 2. The van der Waals surface area contributed by atoms with Gasteiger partial charge < -0.3 is 9.31 Å². The van der Waals surface area contributed by atoms with Crippen molar-refractivity contribution in [3.8, 4) is 0 Å². The molecule has 0 unspecified atom stereocenters. The largest absolute Gasteiger partial charge is 0.487 e. The number of unbranched alkanes of at least 4 members (excludes halogenated alkanes) is 11. The Balaban J connectivity index is 1.91. The predicted octanol–water partition coefficient (Wildman–Crippen LogP) is 8.38. The van der Waals surface area contributed by atoms with Gasteiger partial charge in [0.1, 0.15) is 0 Å². The molecule has 166 valence electrons. The van der Waals surface area contributed by atoms with Crippen LogP contribution < -0.4 is 0 Å². The van der Waals surface area contributed by atoms with E-state index in [1.54, 1.807) is 0 Å². The summed E-state index contributed by atoms with van der Waals surface area (Å²) in [4.78, 5) is 0. The summed E-state index contributed by atoms with van der Waals surface area (Å²) in [6, 6.07) is 0. The van der Waals surface area contributed by atoms with Gasteiger partial charge in [-0.05, 0) is 66.2 Å². The van der Waals surface area contributed by atoms with E-state index in [4.69, 9.17) is 9.31 Å². The third kappa shape index (κ3) is 11.8. The molecule has 0 amide bonds. The van der Waals surface area contributed by atoms with E-state index >= 15 is 0 Å². The highest BCUT2D eigenvalue weighted by Gasteiger charge is 2.49. The van der Waals surface area contributed by atoms with Crippen LogP contribution in [-0.4, -0.2) is 18.3 Å². The van der Waals surface area contributed by atoms with E-state index in [1.807, 2.05) is 5.98 Å². The number of hydrogen-bond donors (Lipinski definition) is 0. The molecule has 0 aromatic carbocycles. The topological polar surface area (TPSA) is 18.5 Å². The van der Waals surface area contributed by atoms with Crippen molar-refractivity contribution in [2.75, 3.05) is 0 Å². The summed E-state index contributed by atoms with van der Waals surface area (Å²) in [5, 5.41) is 0. The summed E-state index contributed by atoms with van der Waals surface area (Å²) >= 11 is 0. The fourth-order valence-electron chi connectivity index (χ4n) is 3.45. The van der Waals surface area contributed by atoms with Gasteiger partial charge in [-0.1, -0.05) is 88.2 Å². The zero-order valence-electron chi connectivity index (χ0n) is 20.1. The lowest BCUT2D eigenvalue weighted by Crippen LogP contribution is -2.41. The molecule has 1 heterocycles. The van der Waals surface area contributed by atoms with Crippen molar-refractivity contribution in [3.05, 3.63) is 36.4 Å². The van der Waals surface area contributed by atoms with Gasteiger partial charge in [-0.3, -0.25) is 0 Å². The van der Waals surface area contributed by atoms with Crippen molar-refractivity contribution in [1.29, 1.82) is 0 Å². The smallest absolute Gasteiger partial charge is 0.400 e. The molecule has 0 radical (unpaired) electrons. The first-order valence-corrected chi connectivity index (χ1v) is 12.2. The first kappa shape index (κ1) is 26.2. The second-order valence-electron chi connectivity index (χ2n) is 9.46. The van der Waals surface area contributed by atoms with Crippen LogP contribution in [0.4, 0.5) is 0 Å². The van der Waals surface area contributed by atoms with Crippen LogP contribution in [0.1, 0.15) is 118 Å². The fourth-order valence-corrected chi connectivity index (χ4v) is 3.45. The van der Waals surface area contributed by atoms with Crippen molar-refractivity contribution in [2.45, 2.75) is 129 Å². The minimum absolute atomic E-state index is 0.237. The van der Waals surface area contributed by atoms with Gasteiger partial charge in [-0.15, -0.1) is 0 Å². The van der Waals surface area contributed by atoms with Crippen LogP contribution in [0.25, 0.3) is 0 Å². The molecule has 1 aliphatic heterocycles. The standard InChI is InChI=1S/C26H47BO2/c1-6-7-8-9-10-11-12-13-14-15-16-17-18-19-20-21-22-23-24-27-28-25(2,3)26(4,5)29-27/h13-14,21-24H,6-12,15-20H2,1-5H3/b14-13-,22-21+,24-23+. The molecule has 2 nitrogen and oxygen atoms in total. The summed E-state index contributed by atoms with van der Waals surface area (Å²) in [5.74, 6) is 2.00. The average Bonchev–Trinajstić information content (AvgIpc) is 2.87. The van der Waals surface area contributed by atoms with Crippen LogP contribution in [0.15, 0.2) is 36.4 Å². The second kappa shape index (κ2) is 15.1. The molecule has 3 heteroatoms. The quantitative estimate of drug-likeness (QED) is 0.112. The molecule has 1 saturated heterocycles. The minimum Gasteiger partial charge on any atom is -0.400 e. The molecule has 0 aromatic heterocycles. The molecular weight excluding hydrogens is 355 g/mol. The van der Waals surface area contributed by atoms with Crippen molar-refractivity contribution >= 4 is 7.12 Å². The maximum Gasteiger partial charge on any atom is 0.487 e. The van der Waals surface area contributed by atoms with Crippen LogP contribution in [0.2, 0.25) is 0 Å². The molecule has 0 aliphatic carbocycles. The maximum atomic E-state index is 5.95. The van der Waals surface area contributed by atoms with E-state index in [2.05, 4.69) is 65.0 Å². The first-order valence-electron chi connectivity index (χ1n) is 12.2. The van der Waals surface area contributed by atoms with Gasteiger partial charge in [0.25, 0.3) is 0 Å². The summed E-state index contributed by atoms with van der Waals surface area (Å²) in [5.41, 5.74) is -0.510. The highest BCUT2D eigenvalue weighted by atomic mass is 16.7. The minimum atomic E-state index is -0.255. The van der Waals surface area contributed by atoms with Crippen molar-refractivity contribution in [3.63, 3.8) is 0 Å². The van der Waals surface area contributed by atoms with Crippen LogP contribution in [0, 0.1) is 0 Å². The highest BCUT2D eigenvalue weighted by molar-refractivity contribution is 6.51. The van der Waals surface area contributed by atoms with Gasteiger partial charge in [-0.25, -0.2) is 0 Å². The lowest BCUT2D eigenvalue weighted by molar-refractivity contribution is 0.00578. The predicted molar refractivity (Wildman–Crippen MR) is 129 cm³/mol. The van der Waals surface area contributed by atoms with Crippen molar-refractivity contribution < 1.29 is 9.31 Å². The fraction of sp³-hybridized carbons (Fsp3) is 0.769. The monoisotopic (exact) mass is 402 g/mol. The van der Waals surface area contributed by atoms with Gasteiger partial charge in [-0.2, -0.15) is 0 Å². The lowest BCUT2D eigenvalue weighted by atomic mass is 9.90. The van der Waals surface area contributed by atoms with E-state index in [-0.39, 0.29) is 18.3 Å².